The minimum atomic E-state index is -0.166. The number of likely N-dealkylation sites (N-methyl/N-ethyl adjacent to an activating group) is 1. The minimum Gasteiger partial charge on any atom is -0.497 e. The third-order valence-corrected chi connectivity index (χ3v) is 6.91. The Bertz CT molecular complexity index is 1420. The zero-order chi connectivity index (χ0) is 29.2. The molecule has 0 spiro atoms. The maximum absolute atomic E-state index is 13.2. The average molecular weight is 559 g/mol. The normalized spacial score (nSPS) is 10.9. The van der Waals surface area contributed by atoms with Gasteiger partial charge in [0.25, 0.3) is 5.91 Å². The Morgan fingerprint density at radius 3 is 2.15 bits per heavy atom. The molecule has 0 radical (unpaired) electrons. The number of carbonyl (C=O) groups excluding carboxylic acids is 1. The molecule has 0 unspecified atom stereocenters. The summed E-state index contributed by atoms with van der Waals surface area (Å²) in [7, 11) is 8.32. The molecule has 1 aromatic heterocycles. The number of carbonyl (C=O) groups is 1. The fourth-order valence-electron chi connectivity index (χ4n) is 4.68. The summed E-state index contributed by atoms with van der Waals surface area (Å²) in [5.74, 6) is 3.75. The molecular weight excluding hydrogens is 520 g/mol. The smallest absolute Gasteiger partial charge is 0.289 e. The molecule has 0 fully saturated rings. The van der Waals surface area contributed by atoms with Gasteiger partial charge in [0.2, 0.25) is 0 Å². The summed E-state index contributed by atoms with van der Waals surface area (Å²) in [4.78, 5) is 17.1. The highest BCUT2D eigenvalue weighted by Crippen LogP contribution is 2.28. The van der Waals surface area contributed by atoms with Gasteiger partial charge in [-0.15, -0.1) is 0 Å². The van der Waals surface area contributed by atoms with Crippen LogP contribution in [0.4, 0.5) is 0 Å². The Morgan fingerprint density at radius 2 is 1.44 bits per heavy atom. The quantitative estimate of drug-likeness (QED) is 0.193. The zero-order valence-corrected chi connectivity index (χ0v) is 24.4. The van der Waals surface area contributed by atoms with Crippen LogP contribution in [0.5, 0.6) is 23.0 Å². The minimum absolute atomic E-state index is 0.166. The number of furan rings is 1. The van der Waals surface area contributed by atoms with Gasteiger partial charge in [-0.3, -0.25) is 9.69 Å². The van der Waals surface area contributed by atoms with E-state index >= 15 is 0 Å². The number of nitrogens with zero attached hydrogens (tertiary/aromatic N) is 2. The monoisotopic (exact) mass is 558 g/mol. The van der Waals surface area contributed by atoms with Crippen LogP contribution in [0.25, 0.3) is 0 Å². The van der Waals surface area contributed by atoms with Crippen LogP contribution in [-0.4, -0.2) is 57.7 Å². The van der Waals surface area contributed by atoms with Crippen molar-refractivity contribution in [2.24, 2.45) is 0 Å². The summed E-state index contributed by atoms with van der Waals surface area (Å²) in [6.45, 7) is 2.33. The van der Waals surface area contributed by atoms with E-state index in [-0.39, 0.29) is 5.91 Å². The first-order valence-corrected chi connectivity index (χ1v) is 13.5. The van der Waals surface area contributed by atoms with Crippen LogP contribution in [-0.2, 0) is 26.1 Å². The summed E-state index contributed by atoms with van der Waals surface area (Å²) in [5, 5.41) is 0. The Labute approximate surface area is 242 Å². The van der Waals surface area contributed by atoms with Crippen molar-refractivity contribution < 1.29 is 28.2 Å². The summed E-state index contributed by atoms with van der Waals surface area (Å²) >= 11 is 0. The molecule has 4 aromatic rings. The topological polar surface area (TPSA) is 73.6 Å². The first-order valence-electron chi connectivity index (χ1n) is 13.5. The number of ether oxygens (including phenoxy) is 4. The van der Waals surface area contributed by atoms with E-state index in [0.717, 1.165) is 22.6 Å². The second kappa shape index (κ2) is 14.3. The Kier molecular flexibility index (Phi) is 10.3. The second-order valence-corrected chi connectivity index (χ2v) is 9.74. The molecule has 216 valence electrons. The van der Waals surface area contributed by atoms with Crippen LogP contribution in [0.3, 0.4) is 0 Å². The Balaban J connectivity index is 1.45. The van der Waals surface area contributed by atoms with Gasteiger partial charge in [-0.2, -0.15) is 0 Å². The predicted molar refractivity (Wildman–Crippen MR) is 158 cm³/mol. The maximum Gasteiger partial charge on any atom is 0.289 e. The third-order valence-electron chi connectivity index (χ3n) is 6.91. The molecule has 4 rings (SSSR count). The van der Waals surface area contributed by atoms with Gasteiger partial charge in [0, 0.05) is 32.2 Å². The summed E-state index contributed by atoms with van der Waals surface area (Å²) in [5.41, 5.74) is 3.22. The number of methoxy groups -OCH3 is 4. The molecule has 0 saturated carbocycles. The fourth-order valence-corrected chi connectivity index (χ4v) is 4.68. The summed E-state index contributed by atoms with van der Waals surface area (Å²) in [6, 6.07) is 25.4. The molecule has 3 aromatic carbocycles. The number of amides is 1. The molecule has 8 nitrogen and oxygen atoms in total. The van der Waals surface area contributed by atoms with Crippen LogP contribution in [0.1, 0.15) is 33.0 Å². The standard InChI is InChI=1S/C33H38N2O6/c1-34(18-17-24-11-14-30(39-4)32(19-24)40-5)33(36)31-16-13-28(41-31)23-35(21-25-9-7-6-8-10-25)22-26-20-27(37-2)12-15-29(26)38-3/h6-16,19-20H,17-18,21-23H2,1-5H3. The van der Waals surface area contributed by atoms with E-state index in [1.165, 1.54) is 5.56 Å². The number of hydrogen-bond acceptors (Lipinski definition) is 7. The molecule has 1 heterocycles. The van der Waals surface area contributed by atoms with E-state index in [9.17, 15) is 4.79 Å². The van der Waals surface area contributed by atoms with Crippen molar-refractivity contribution in [1.82, 2.24) is 9.80 Å². The maximum atomic E-state index is 13.2. The lowest BCUT2D eigenvalue weighted by molar-refractivity contribution is 0.0760. The average Bonchev–Trinajstić information content (AvgIpc) is 3.48. The van der Waals surface area contributed by atoms with E-state index in [1.807, 2.05) is 60.7 Å². The number of hydrogen-bond donors (Lipinski definition) is 0. The lowest BCUT2D eigenvalue weighted by atomic mass is 10.1. The highest BCUT2D eigenvalue weighted by Gasteiger charge is 2.19. The third kappa shape index (κ3) is 7.83. The van der Waals surface area contributed by atoms with Crippen LogP contribution in [0.2, 0.25) is 0 Å². The van der Waals surface area contributed by atoms with E-state index < -0.39 is 0 Å². The number of rotatable bonds is 14. The second-order valence-electron chi connectivity index (χ2n) is 9.74. The zero-order valence-electron chi connectivity index (χ0n) is 24.4. The van der Waals surface area contributed by atoms with Crippen LogP contribution < -0.4 is 18.9 Å². The van der Waals surface area contributed by atoms with Crippen molar-refractivity contribution in [2.75, 3.05) is 42.0 Å². The van der Waals surface area contributed by atoms with Crippen molar-refractivity contribution >= 4 is 5.91 Å². The Hall–Kier alpha value is -4.43. The number of benzene rings is 3. The van der Waals surface area contributed by atoms with Crippen molar-refractivity contribution in [3.63, 3.8) is 0 Å². The molecule has 0 aliphatic rings. The van der Waals surface area contributed by atoms with Gasteiger partial charge in [-0.05, 0) is 60.0 Å². The molecule has 41 heavy (non-hydrogen) atoms. The lowest BCUT2D eigenvalue weighted by Crippen LogP contribution is -2.28. The van der Waals surface area contributed by atoms with Crippen molar-refractivity contribution in [3.05, 3.63) is 107 Å². The largest absolute Gasteiger partial charge is 0.497 e. The van der Waals surface area contributed by atoms with Crippen LogP contribution in [0, 0.1) is 0 Å². The highest BCUT2D eigenvalue weighted by atomic mass is 16.5. The van der Waals surface area contributed by atoms with Crippen molar-refractivity contribution in [1.29, 1.82) is 0 Å². The first-order chi connectivity index (χ1) is 19.9. The van der Waals surface area contributed by atoms with Crippen molar-refractivity contribution in [2.45, 2.75) is 26.1 Å². The molecule has 8 heteroatoms. The van der Waals surface area contributed by atoms with E-state index in [0.29, 0.717) is 55.6 Å². The van der Waals surface area contributed by atoms with Gasteiger partial charge >= 0.3 is 0 Å². The van der Waals surface area contributed by atoms with Crippen molar-refractivity contribution in [3.8, 4) is 23.0 Å². The first kappa shape index (κ1) is 29.6. The van der Waals surface area contributed by atoms with Gasteiger partial charge < -0.3 is 28.3 Å². The molecule has 1 amide bonds. The molecule has 0 saturated heterocycles. The van der Waals surface area contributed by atoms with Gasteiger partial charge in [-0.1, -0.05) is 36.4 Å². The van der Waals surface area contributed by atoms with E-state index in [2.05, 4.69) is 17.0 Å². The predicted octanol–water partition coefficient (Wildman–Crippen LogP) is 5.83. The van der Waals surface area contributed by atoms with Crippen LogP contribution in [0.15, 0.2) is 83.3 Å². The molecule has 0 aliphatic carbocycles. The lowest BCUT2D eigenvalue weighted by Gasteiger charge is -2.23. The van der Waals surface area contributed by atoms with Gasteiger partial charge in [0.05, 0.1) is 35.0 Å². The molecule has 0 bridgehead atoms. The molecule has 0 N–H and O–H groups in total. The molecule has 0 atom stereocenters. The fraction of sp³-hybridized carbons (Fsp3) is 0.303. The van der Waals surface area contributed by atoms with E-state index in [1.54, 1.807) is 46.5 Å². The highest BCUT2D eigenvalue weighted by molar-refractivity contribution is 5.91. The van der Waals surface area contributed by atoms with Gasteiger partial charge in [0.1, 0.15) is 17.3 Å². The van der Waals surface area contributed by atoms with Gasteiger partial charge in [-0.25, -0.2) is 0 Å². The van der Waals surface area contributed by atoms with Gasteiger partial charge in [0.15, 0.2) is 17.3 Å². The van der Waals surface area contributed by atoms with Crippen LogP contribution >= 0.6 is 0 Å². The SMILES string of the molecule is COc1ccc(OC)c(CN(Cc2ccccc2)Cc2ccc(C(=O)N(C)CCc3ccc(OC)c(OC)c3)o2)c1. The summed E-state index contributed by atoms with van der Waals surface area (Å²) in [6.07, 6.45) is 0.670. The van der Waals surface area contributed by atoms with E-state index in [4.69, 9.17) is 23.4 Å². The summed E-state index contributed by atoms with van der Waals surface area (Å²) < 4.78 is 27.8. The molecular formula is C33H38N2O6. The molecule has 0 aliphatic heterocycles. The Morgan fingerprint density at radius 1 is 0.707 bits per heavy atom.